The molecule has 9 nitrogen and oxygen atoms in total. The predicted molar refractivity (Wildman–Crippen MR) is 111 cm³/mol. The highest BCUT2D eigenvalue weighted by Crippen LogP contribution is 2.28. The minimum absolute atomic E-state index is 0.0102. The minimum Gasteiger partial charge on any atom is -0.504 e. The van der Waals surface area contributed by atoms with Crippen LogP contribution in [0.2, 0.25) is 0 Å². The van der Waals surface area contributed by atoms with Crippen molar-refractivity contribution in [3.05, 3.63) is 65.4 Å². The first-order valence-corrected chi connectivity index (χ1v) is 9.36. The predicted octanol–water partition coefficient (Wildman–Crippen LogP) is 2.15. The molecule has 0 saturated carbocycles. The number of hydrogen-bond acceptors (Lipinski definition) is 8. The van der Waals surface area contributed by atoms with Crippen LogP contribution >= 0.6 is 0 Å². The first-order chi connectivity index (χ1) is 14.9. The number of aliphatic hydroxyl groups excluding tert-OH is 1. The minimum atomic E-state index is -0.637. The van der Waals surface area contributed by atoms with Crippen molar-refractivity contribution in [2.24, 2.45) is 0 Å². The standard InChI is InChI=1S/C21H20FN5O4/c22-13-6-4-12(5-7-13)11-15(23)31-20(24)18-19(29)16-14(3-1-8-25-16)17(27-18)21(30)26-9-2-10-28/h1,3-8,23-24,28-29H,2,9-11H2,(H,26,30). The van der Waals surface area contributed by atoms with Crippen molar-refractivity contribution in [3.8, 4) is 5.75 Å². The van der Waals surface area contributed by atoms with Gasteiger partial charge >= 0.3 is 0 Å². The third-order valence-electron chi connectivity index (χ3n) is 4.29. The lowest BCUT2D eigenvalue weighted by Gasteiger charge is -2.13. The van der Waals surface area contributed by atoms with Gasteiger partial charge in [0.2, 0.25) is 5.90 Å². The topological polar surface area (TPSA) is 152 Å². The number of rotatable bonds is 7. The average Bonchev–Trinajstić information content (AvgIpc) is 2.75. The summed E-state index contributed by atoms with van der Waals surface area (Å²) in [5.74, 6) is -2.40. The fourth-order valence-corrected chi connectivity index (χ4v) is 2.81. The lowest BCUT2D eigenvalue weighted by Crippen LogP contribution is -2.27. The summed E-state index contributed by atoms with van der Waals surface area (Å²) in [6, 6.07) is 8.60. The van der Waals surface area contributed by atoms with E-state index in [4.69, 9.17) is 20.7 Å². The van der Waals surface area contributed by atoms with E-state index in [0.717, 1.165) is 0 Å². The number of benzene rings is 1. The Kier molecular flexibility index (Phi) is 6.83. The van der Waals surface area contributed by atoms with Crippen LogP contribution in [0.3, 0.4) is 0 Å². The molecule has 0 radical (unpaired) electrons. The summed E-state index contributed by atoms with van der Waals surface area (Å²) in [5.41, 5.74) is 0.230. The Labute approximate surface area is 176 Å². The van der Waals surface area contributed by atoms with Crippen LogP contribution < -0.4 is 5.32 Å². The first kappa shape index (κ1) is 21.8. The number of pyridine rings is 2. The molecule has 5 N–H and O–H groups in total. The van der Waals surface area contributed by atoms with Crippen LogP contribution in [0, 0.1) is 16.6 Å². The number of aromatic nitrogens is 2. The Balaban J connectivity index is 1.87. The SMILES string of the molecule is N=C(Cc1ccc(F)cc1)OC(=N)c1nc(C(=O)NCCCO)c2cccnc2c1O. The number of fused-ring (bicyclic) bond motifs is 1. The molecule has 2 aromatic heterocycles. The van der Waals surface area contributed by atoms with E-state index in [1.54, 1.807) is 12.1 Å². The van der Waals surface area contributed by atoms with Gasteiger partial charge in [0, 0.05) is 31.2 Å². The van der Waals surface area contributed by atoms with Crippen molar-refractivity contribution in [2.75, 3.05) is 13.2 Å². The lowest BCUT2D eigenvalue weighted by atomic mass is 10.1. The maximum absolute atomic E-state index is 13.0. The quantitative estimate of drug-likeness (QED) is 0.222. The summed E-state index contributed by atoms with van der Waals surface area (Å²) in [5, 5.41) is 38.4. The summed E-state index contributed by atoms with van der Waals surface area (Å²) in [7, 11) is 0. The molecule has 0 fully saturated rings. The molecule has 0 aliphatic rings. The highest BCUT2D eigenvalue weighted by molar-refractivity contribution is 6.10. The van der Waals surface area contributed by atoms with Crippen LogP contribution in [0.1, 0.15) is 28.2 Å². The van der Waals surface area contributed by atoms with Gasteiger partial charge in [-0.05, 0) is 36.2 Å². The number of aromatic hydroxyl groups is 1. The Morgan fingerprint density at radius 1 is 1.16 bits per heavy atom. The number of halogens is 1. The van der Waals surface area contributed by atoms with Gasteiger partial charge < -0.3 is 20.3 Å². The molecule has 160 valence electrons. The average molecular weight is 425 g/mol. The van der Waals surface area contributed by atoms with Crippen molar-refractivity contribution in [3.63, 3.8) is 0 Å². The summed E-state index contributed by atoms with van der Waals surface area (Å²) in [4.78, 5) is 20.7. The summed E-state index contributed by atoms with van der Waals surface area (Å²) >= 11 is 0. The maximum atomic E-state index is 13.0. The van der Waals surface area contributed by atoms with Gasteiger partial charge in [-0.15, -0.1) is 0 Å². The van der Waals surface area contributed by atoms with Gasteiger partial charge in [-0.2, -0.15) is 0 Å². The van der Waals surface area contributed by atoms with Gasteiger partial charge in [0.05, 0.1) is 0 Å². The molecule has 10 heteroatoms. The van der Waals surface area contributed by atoms with Gasteiger partial charge in [-0.25, -0.2) is 9.37 Å². The van der Waals surface area contributed by atoms with E-state index < -0.39 is 23.4 Å². The molecule has 0 aliphatic carbocycles. The molecule has 1 aromatic carbocycles. The Hall–Kier alpha value is -3.92. The molecular weight excluding hydrogens is 405 g/mol. The number of nitrogens with one attached hydrogen (secondary N) is 3. The first-order valence-electron chi connectivity index (χ1n) is 9.36. The van der Waals surface area contributed by atoms with Gasteiger partial charge in [0.15, 0.2) is 17.3 Å². The number of carbonyl (C=O) groups excluding carboxylic acids is 1. The molecule has 0 unspecified atom stereocenters. The van der Waals surface area contributed by atoms with E-state index in [-0.39, 0.29) is 47.8 Å². The molecule has 0 atom stereocenters. The number of carbonyl (C=O) groups is 1. The summed E-state index contributed by atoms with van der Waals surface area (Å²) < 4.78 is 18.2. The van der Waals surface area contributed by atoms with Crippen molar-refractivity contribution in [2.45, 2.75) is 12.8 Å². The molecule has 2 heterocycles. The Morgan fingerprint density at radius 3 is 2.61 bits per heavy atom. The zero-order valence-corrected chi connectivity index (χ0v) is 16.4. The highest BCUT2D eigenvalue weighted by Gasteiger charge is 2.23. The van der Waals surface area contributed by atoms with Crippen molar-refractivity contribution in [1.82, 2.24) is 15.3 Å². The Morgan fingerprint density at radius 2 is 1.90 bits per heavy atom. The Bertz CT molecular complexity index is 1130. The van der Waals surface area contributed by atoms with Gasteiger partial charge in [0.25, 0.3) is 5.91 Å². The third kappa shape index (κ3) is 5.17. The smallest absolute Gasteiger partial charge is 0.270 e. The molecular formula is C21H20FN5O4. The van der Waals surface area contributed by atoms with E-state index >= 15 is 0 Å². The van der Waals surface area contributed by atoms with E-state index in [0.29, 0.717) is 12.0 Å². The molecule has 31 heavy (non-hydrogen) atoms. The van der Waals surface area contributed by atoms with Gasteiger partial charge in [0.1, 0.15) is 17.0 Å². The number of amides is 1. The van der Waals surface area contributed by atoms with Crippen molar-refractivity contribution < 1.29 is 24.1 Å². The fraction of sp³-hybridized carbons (Fsp3) is 0.190. The molecule has 3 aromatic rings. The van der Waals surface area contributed by atoms with E-state index in [9.17, 15) is 14.3 Å². The van der Waals surface area contributed by atoms with E-state index in [1.165, 1.54) is 30.5 Å². The maximum Gasteiger partial charge on any atom is 0.270 e. The molecule has 0 aliphatic heterocycles. The molecule has 0 bridgehead atoms. The zero-order valence-electron chi connectivity index (χ0n) is 16.4. The monoisotopic (exact) mass is 425 g/mol. The second-order valence-corrected chi connectivity index (χ2v) is 6.55. The third-order valence-corrected chi connectivity index (χ3v) is 4.29. The number of hydrogen-bond donors (Lipinski definition) is 5. The van der Waals surface area contributed by atoms with Crippen LogP contribution in [-0.2, 0) is 11.2 Å². The van der Waals surface area contributed by atoms with Crippen molar-refractivity contribution in [1.29, 1.82) is 10.8 Å². The molecule has 0 spiro atoms. The second-order valence-electron chi connectivity index (χ2n) is 6.55. The van der Waals surface area contributed by atoms with Crippen LogP contribution in [0.25, 0.3) is 10.9 Å². The number of ether oxygens (including phenoxy) is 1. The van der Waals surface area contributed by atoms with Gasteiger partial charge in [-0.3, -0.25) is 20.6 Å². The number of aliphatic hydroxyl groups is 1. The second kappa shape index (κ2) is 9.72. The van der Waals surface area contributed by atoms with Crippen LogP contribution in [0.4, 0.5) is 4.39 Å². The summed E-state index contributed by atoms with van der Waals surface area (Å²) in [6.45, 7) is 0.122. The van der Waals surface area contributed by atoms with Gasteiger partial charge in [-0.1, -0.05) is 12.1 Å². The molecule has 1 amide bonds. The molecule has 3 rings (SSSR count). The van der Waals surface area contributed by atoms with Crippen LogP contribution in [0.15, 0.2) is 42.6 Å². The normalized spacial score (nSPS) is 10.6. The van der Waals surface area contributed by atoms with Crippen LogP contribution in [-0.4, -0.2) is 51.0 Å². The molecule has 0 saturated heterocycles. The van der Waals surface area contributed by atoms with Crippen molar-refractivity contribution >= 4 is 28.6 Å². The van der Waals surface area contributed by atoms with E-state index in [1.807, 2.05) is 0 Å². The lowest BCUT2D eigenvalue weighted by molar-refractivity contribution is 0.0948. The zero-order chi connectivity index (χ0) is 22.4. The largest absolute Gasteiger partial charge is 0.504 e. The summed E-state index contributed by atoms with van der Waals surface area (Å²) in [6.07, 6.45) is 1.76. The van der Waals surface area contributed by atoms with Crippen LogP contribution in [0.5, 0.6) is 5.75 Å². The fourth-order valence-electron chi connectivity index (χ4n) is 2.81. The number of nitrogens with zero attached hydrogens (tertiary/aromatic N) is 2. The van der Waals surface area contributed by atoms with E-state index in [2.05, 4.69) is 15.3 Å². The highest BCUT2D eigenvalue weighted by atomic mass is 19.1.